The summed E-state index contributed by atoms with van der Waals surface area (Å²) >= 11 is 0. The number of amides is 1. The quantitative estimate of drug-likeness (QED) is 0.917. The summed E-state index contributed by atoms with van der Waals surface area (Å²) in [6, 6.07) is 5.49. The van der Waals surface area contributed by atoms with Crippen LogP contribution in [0.5, 0.6) is 0 Å². The van der Waals surface area contributed by atoms with Gasteiger partial charge in [0.05, 0.1) is 13.2 Å². The molecule has 0 aromatic carbocycles. The molecule has 1 saturated heterocycles. The number of pyridine rings is 1. The van der Waals surface area contributed by atoms with Gasteiger partial charge in [0.2, 0.25) is 0 Å². The molecule has 24 heavy (non-hydrogen) atoms. The Morgan fingerprint density at radius 1 is 1.46 bits per heavy atom. The average Bonchev–Trinajstić information content (AvgIpc) is 3.02. The smallest absolute Gasteiger partial charge is 0.272 e. The van der Waals surface area contributed by atoms with E-state index in [1.54, 1.807) is 11.0 Å². The monoisotopic (exact) mass is 329 g/mol. The third kappa shape index (κ3) is 3.80. The Bertz CT molecular complexity index is 713. The normalized spacial score (nSPS) is 18.2. The Morgan fingerprint density at radius 2 is 2.29 bits per heavy atom. The molecule has 1 amide bonds. The first kappa shape index (κ1) is 16.6. The summed E-state index contributed by atoms with van der Waals surface area (Å²) in [5.41, 5.74) is 2.34. The minimum Gasteiger partial charge on any atom is -0.367 e. The molecule has 1 atom stereocenters. The molecule has 3 heterocycles. The third-order valence-electron chi connectivity index (χ3n) is 3.90. The van der Waals surface area contributed by atoms with Gasteiger partial charge in [0.25, 0.3) is 5.91 Å². The molecule has 3 rings (SSSR count). The van der Waals surface area contributed by atoms with Gasteiger partial charge in [-0.05, 0) is 33.2 Å². The fourth-order valence-corrected chi connectivity index (χ4v) is 2.78. The molecule has 1 aliphatic heterocycles. The lowest BCUT2D eigenvalue weighted by Crippen LogP contribution is -2.42. The van der Waals surface area contributed by atoms with Crippen LogP contribution in [0.25, 0.3) is 0 Å². The number of rotatable bonds is 4. The molecule has 1 fully saturated rings. The van der Waals surface area contributed by atoms with Gasteiger partial charge in [-0.1, -0.05) is 6.07 Å². The molecule has 0 aliphatic carbocycles. The van der Waals surface area contributed by atoms with E-state index in [1.165, 1.54) is 0 Å². The van der Waals surface area contributed by atoms with E-state index >= 15 is 0 Å². The number of carbonyl (C=O) groups excluding carboxylic acids is 1. The molecule has 0 bridgehead atoms. The van der Waals surface area contributed by atoms with Crippen LogP contribution in [0.1, 0.15) is 33.8 Å². The van der Waals surface area contributed by atoms with E-state index in [9.17, 15) is 4.79 Å². The van der Waals surface area contributed by atoms with E-state index in [0.717, 1.165) is 23.8 Å². The number of imidazole rings is 1. The molecular formula is C17H23N5O2. The molecule has 128 valence electrons. The molecule has 2 aromatic rings. The second-order valence-corrected chi connectivity index (χ2v) is 6.31. The maximum absolute atomic E-state index is 12.7. The first-order valence-corrected chi connectivity index (χ1v) is 8.06. The van der Waals surface area contributed by atoms with E-state index in [1.807, 2.05) is 39.3 Å². The van der Waals surface area contributed by atoms with Crippen LogP contribution >= 0.6 is 0 Å². The molecule has 0 radical (unpaired) electrons. The van der Waals surface area contributed by atoms with Gasteiger partial charge in [0, 0.05) is 30.7 Å². The fraction of sp³-hybridized carbons (Fsp3) is 0.471. The number of aromatic nitrogens is 3. The second-order valence-electron chi connectivity index (χ2n) is 6.31. The maximum atomic E-state index is 12.7. The molecule has 0 unspecified atom stereocenters. The van der Waals surface area contributed by atoms with Gasteiger partial charge in [-0.2, -0.15) is 0 Å². The predicted octanol–water partition coefficient (Wildman–Crippen LogP) is 1.39. The van der Waals surface area contributed by atoms with Crippen LogP contribution in [0.3, 0.4) is 0 Å². The Hall–Kier alpha value is -2.25. The van der Waals surface area contributed by atoms with E-state index in [0.29, 0.717) is 25.4 Å². The first-order chi connectivity index (χ1) is 11.5. The van der Waals surface area contributed by atoms with Gasteiger partial charge < -0.3 is 19.5 Å². The van der Waals surface area contributed by atoms with Crippen molar-refractivity contribution in [3.63, 3.8) is 0 Å². The van der Waals surface area contributed by atoms with Crippen LogP contribution in [0.4, 0.5) is 0 Å². The van der Waals surface area contributed by atoms with Crippen molar-refractivity contribution < 1.29 is 9.53 Å². The number of aryl methyl sites for hydroxylation is 1. The number of aromatic amines is 1. The minimum atomic E-state index is -0.233. The van der Waals surface area contributed by atoms with Gasteiger partial charge >= 0.3 is 0 Å². The van der Waals surface area contributed by atoms with Crippen molar-refractivity contribution in [2.24, 2.45) is 0 Å². The third-order valence-corrected chi connectivity index (χ3v) is 3.90. The zero-order chi connectivity index (χ0) is 17.1. The van der Waals surface area contributed by atoms with Crippen LogP contribution in [-0.2, 0) is 11.3 Å². The standard InChI is InChI=1S/C17H23N5O2/c1-12-5-4-6-14(19-12)17(23)22-7-8-24-15(11-22)16-18-9-13(20-16)10-21(2)3/h4-6,9,15H,7-8,10-11H2,1-3H3,(H,18,20)/t15-/m1/s1. The highest BCUT2D eigenvalue weighted by atomic mass is 16.5. The number of H-pyrrole nitrogens is 1. The Balaban J connectivity index is 1.70. The average molecular weight is 329 g/mol. The summed E-state index contributed by atoms with van der Waals surface area (Å²) in [4.78, 5) is 28.5. The highest BCUT2D eigenvalue weighted by molar-refractivity contribution is 5.92. The van der Waals surface area contributed by atoms with Gasteiger partial charge in [-0.25, -0.2) is 9.97 Å². The SMILES string of the molecule is Cc1cccc(C(=O)N2CCO[C@@H](c3ncc(CN(C)C)[nH]3)C2)n1. The summed E-state index contributed by atoms with van der Waals surface area (Å²) in [6.07, 6.45) is 1.59. The number of nitrogens with one attached hydrogen (secondary N) is 1. The minimum absolute atomic E-state index is 0.0629. The molecule has 0 spiro atoms. The Labute approximate surface area is 141 Å². The van der Waals surface area contributed by atoms with Gasteiger partial charge in [-0.15, -0.1) is 0 Å². The molecule has 1 aliphatic rings. The highest BCUT2D eigenvalue weighted by Crippen LogP contribution is 2.21. The summed E-state index contributed by atoms with van der Waals surface area (Å²) in [7, 11) is 4.01. The van der Waals surface area contributed by atoms with Crippen molar-refractivity contribution in [1.82, 2.24) is 24.8 Å². The number of carbonyl (C=O) groups is 1. The number of nitrogens with zero attached hydrogens (tertiary/aromatic N) is 4. The van der Waals surface area contributed by atoms with Crippen LogP contribution in [-0.4, -0.2) is 64.5 Å². The van der Waals surface area contributed by atoms with Crippen molar-refractivity contribution in [2.75, 3.05) is 33.8 Å². The van der Waals surface area contributed by atoms with Crippen molar-refractivity contribution in [3.05, 3.63) is 47.3 Å². The van der Waals surface area contributed by atoms with Crippen molar-refractivity contribution in [1.29, 1.82) is 0 Å². The Morgan fingerprint density at radius 3 is 3.04 bits per heavy atom. The predicted molar refractivity (Wildman–Crippen MR) is 89.5 cm³/mol. The zero-order valence-corrected chi connectivity index (χ0v) is 14.3. The molecule has 2 aromatic heterocycles. The fourth-order valence-electron chi connectivity index (χ4n) is 2.78. The van der Waals surface area contributed by atoms with Crippen LogP contribution < -0.4 is 0 Å². The molecule has 1 N–H and O–H groups in total. The number of ether oxygens (including phenoxy) is 1. The summed E-state index contributed by atoms with van der Waals surface area (Å²) in [6.45, 7) is 4.20. The summed E-state index contributed by atoms with van der Waals surface area (Å²) < 4.78 is 5.80. The lowest BCUT2D eigenvalue weighted by Gasteiger charge is -2.31. The Kier molecular flexibility index (Phi) is 4.92. The van der Waals surface area contributed by atoms with Crippen molar-refractivity contribution in [2.45, 2.75) is 19.6 Å². The van der Waals surface area contributed by atoms with Gasteiger partial charge in [0.15, 0.2) is 0 Å². The largest absolute Gasteiger partial charge is 0.367 e. The highest BCUT2D eigenvalue weighted by Gasteiger charge is 2.28. The number of morpholine rings is 1. The van der Waals surface area contributed by atoms with Crippen LogP contribution in [0.15, 0.2) is 24.4 Å². The number of hydrogen-bond acceptors (Lipinski definition) is 5. The van der Waals surface area contributed by atoms with Gasteiger partial charge in [-0.3, -0.25) is 4.79 Å². The molecule has 7 nitrogen and oxygen atoms in total. The van der Waals surface area contributed by atoms with E-state index < -0.39 is 0 Å². The van der Waals surface area contributed by atoms with Crippen LogP contribution in [0.2, 0.25) is 0 Å². The summed E-state index contributed by atoms with van der Waals surface area (Å²) in [5, 5.41) is 0. The molecule has 0 saturated carbocycles. The van der Waals surface area contributed by atoms with Crippen molar-refractivity contribution in [3.8, 4) is 0 Å². The first-order valence-electron chi connectivity index (χ1n) is 8.06. The molecule has 7 heteroatoms. The van der Waals surface area contributed by atoms with Gasteiger partial charge in [0.1, 0.15) is 17.6 Å². The maximum Gasteiger partial charge on any atom is 0.272 e. The lowest BCUT2D eigenvalue weighted by molar-refractivity contribution is -0.0267. The second kappa shape index (κ2) is 7.11. The van der Waals surface area contributed by atoms with E-state index in [4.69, 9.17) is 4.74 Å². The number of hydrogen-bond donors (Lipinski definition) is 1. The topological polar surface area (TPSA) is 74.4 Å². The zero-order valence-electron chi connectivity index (χ0n) is 14.3. The van der Waals surface area contributed by atoms with Crippen LogP contribution in [0, 0.1) is 6.92 Å². The summed E-state index contributed by atoms with van der Waals surface area (Å²) in [5.74, 6) is 0.702. The van der Waals surface area contributed by atoms with Crippen molar-refractivity contribution >= 4 is 5.91 Å². The van der Waals surface area contributed by atoms with E-state index in [-0.39, 0.29) is 12.0 Å². The lowest BCUT2D eigenvalue weighted by atomic mass is 10.2. The molecular weight excluding hydrogens is 306 g/mol. The van der Waals surface area contributed by atoms with E-state index in [2.05, 4.69) is 19.9 Å².